The molecule has 0 aliphatic rings. The monoisotopic (exact) mass is 196 g/mol. The first-order chi connectivity index (χ1) is 6.22. The first-order valence-corrected chi connectivity index (χ1v) is 4.27. The van der Waals surface area contributed by atoms with Gasteiger partial charge in [-0.3, -0.25) is 0 Å². The second-order valence-electron chi connectivity index (χ2n) is 2.62. The molecule has 0 spiro atoms. The average molecular weight is 196 g/mol. The normalized spacial score (nSPS) is 9.62. The van der Waals surface area contributed by atoms with Crippen molar-refractivity contribution in [1.82, 2.24) is 0 Å². The number of hydrogen-bond acceptors (Lipinski definition) is 2. The molecule has 3 nitrogen and oxygen atoms in total. The molecular formula is C9H12N2OS. The van der Waals surface area contributed by atoms with E-state index in [1.54, 1.807) is 7.11 Å². The van der Waals surface area contributed by atoms with Gasteiger partial charge >= 0.3 is 0 Å². The van der Waals surface area contributed by atoms with Gasteiger partial charge in [-0.15, -0.1) is 0 Å². The topological polar surface area (TPSA) is 47.3 Å². The average Bonchev–Trinajstić information content (AvgIpc) is 2.04. The van der Waals surface area contributed by atoms with Gasteiger partial charge in [0.2, 0.25) is 0 Å². The first kappa shape index (κ1) is 9.95. The van der Waals surface area contributed by atoms with E-state index < -0.39 is 0 Å². The van der Waals surface area contributed by atoms with Crippen LogP contribution in [-0.2, 0) is 11.3 Å². The van der Waals surface area contributed by atoms with Crippen molar-refractivity contribution in [2.75, 3.05) is 12.4 Å². The quantitative estimate of drug-likeness (QED) is 0.719. The summed E-state index contributed by atoms with van der Waals surface area (Å²) in [6.07, 6.45) is 0. The molecule has 4 heteroatoms. The van der Waals surface area contributed by atoms with E-state index in [-0.39, 0.29) is 5.11 Å². The highest BCUT2D eigenvalue weighted by molar-refractivity contribution is 7.80. The molecule has 13 heavy (non-hydrogen) atoms. The van der Waals surface area contributed by atoms with Crippen molar-refractivity contribution in [2.24, 2.45) is 5.73 Å². The highest BCUT2D eigenvalue weighted by Crippen LogP contribution is 2.10. The molecule has 0 saturated heterocycles. The highest BCUT2D eigenvalue weighted by Gasteiger charge is 1.95. The van der Waals surface area contributed by atoms with E-state index in [0.717, 1.165) is 11.3 Å². The molecular weight excluding hydrogens is 184 g/mol. The Kier molecular flexibility index (Phi) is 3.67. The van der Waals surface area contributed by atoms with Gasteiger partial charge in [0, 0.05) is 12.8 Å². The molecule has 0 bridgehead atoms. The van der Waals surface area contributed by atoms with E-state index in [0.29, 0.717) is 6.61 Å². The zero-order valence-electron chi connectivity index (χ0n) is 7.41. The third kappa shape index (κ3) is 3.40. The van der Waals surface area contributed by atoms with Crippen molar-refractivity contribution >= 4 is 23.0 Å². The molecule has 70 valence electrons. The van der Waals surface area contributed by atoms with Crippen LogP contribution in [0.5, 0.6) is 0 Å². The van der Waals surface area contributed by atoms with Crippen LogP contribution in [0.1, 0.15) is 5.56 Å². The summed E-state index contributed by atoms with van der Waals surface area (Å²) < 4.78 is 5.00. The lowest BCUT2D eigenvalue weighted by atomic mass is 10.2. The maximum absolute atomic E-state index is 5.34. The molecule has 0 aliphatic carbocycles. The van der Waals surface area contributed by atoms with Crippen molar-refractivity contribution in [2.45, 2.75) is 6.61 Å². The van der Waals surface area contributed by atoms with Crippen LogP contribution in [0.4, 0.5) is 5.69 Å². The Hall–Kier alpha value is -1.13. The van der Waals surface area contributed by atoms with Gasteiger partial charge in [0.15, 0.2) is 5.11 Å². The van der Waals surface area contributed by atoms with Gasteiger partial charge in [-0.05, 0) is 29.9 Å². The van der Waals surface area contributed by atoms with Gasteiger partial charge in [0.05, 0.1) is 6.61 Å². The summed E-state index contributed by atoms with van der Waals surface area (Å²) in [7, 11) is 1.66. The Morgan fingerprint density at radius 2 is 2.38 bits per heavy atom. The van der Waals surface area contributed by atoms with E-state index >= 15 is 0 Å². The molecule has 0 amide bonds. The second kappa shape index (κ2) is 4.79. The van der Waals surface area contributed by atoms with E-state index in [4.69, 9.17) is 22.7 Å². The van der Waals surface area contributed by atoms with E-state index in [9.17, 15) is 0 Å². The van der Waals surface area contributed by atoms with Gasteiger partial charge in [-0.2, -0.15) is 0 Å². The molecule has 1 aromatic rings. The molecule has 0 radical (unpaired) electrons. The van der Waals surface area contributed by atoms with E-state index in [1.807, 2.05) is 24.3 Å². The summed E-state index contributed by atoms with van der Waals surface area (Å²) in [5.41, 5.74) is 7.32. The number of benzene rings is 1. The fourth-order valence-corrected chi connectivity index (χ4v) is 1.17. The summed E-state index contributed by atoms with van der Waals surface area (Å²) in [5.74, 6) is 0. The Morgan fingerprint density at radius 1 is 1.62 bits per heavy atom. The van der Waals surface area contributed by atoms with Crippen molar-refractivity contribution < 1.29 is 4.74 Å². The highest BCUT2D eigenvalue weighted by atomic mass is 32.1. The minimum atomic E-state index is 0.273. The van der Waals surface area contributed by atoms with Crippen LogP contribution in [0, 0.1) is 0 Å². The second-order valence-corrected chi connectivity index (χ2v) is 3.06. The lowest BCUT2D eigenvalue weighted by molar-refractivity contribution is 0.185. The summed E-state index contributed by atoms with van der Waals surface area (Å²) in [6, 6.07) is 7.75. The lowest BCUT2D eigenvalue weighted by Crippen LogP contribution is -2.18. The lowest BCUT2D eigenvalue weighted by Gasteiger charge is -2.05. The Labute approximate surface area is 82.9 Å². The maximum atomic E-state index is 5.34. The van der Waals surface area contributed by atoms with Crippen LogP contribution >= 0.6 is 12.2 Å². The SMILES string of the molecule is COCc1cccc(NC(N)=S)c1. The van der Waals surface area contributed by atoms with Crippen molar-refractivity contribution in [3.63, 3.8) is 0 Å². The molecule has 1 rings (SSSR count). The largest absolute Gasteiger partial charge is 0.380 e. The zero-order valence-corrected chi connectivity index (χ0v) is 8.23. The summed E-state index contributed by atoms with van der Waals surface area (Å²) >= 11 is 4.72. The number of hydrogen-bond donors (Lipinski definition) is 2. The van der Waals surface area contributed by atoms with Crippen molar-refractivity contribution in [3.05, 3.63) is 29.8 Å². The summed E-state index contributed by atoms with van der Waals surface area (Å²) in [4.78, 5) is 0. The van der Waals surface area contributed by atoms with Crippen LogP contribution in [-0.4, -0.2) is 12.2 Å². The van der Waals surface area contributed by atoms with E-state index in [2.05, 4.69) is 5.32 Å². The number of nitrogens with two attached hydrogens (primary N) is 1. The number of anilines is 1. The Morgan fingerprint density at radius 3 is 3.00 bits per heavy atom. The Bertz CT molecular complexity index is 301. The summed E-state index contributed by atoms with van der Waals surface area (Å²) in [6.45, 7) is 0.590. The molecule has 0 fully saturated rings. The predicted molar refractivity (Wildman–Crippen MR) is 57.6 cm³/mol. The minimum Gasteiger partial charge on any atom is -0.380 e. The first-order valence-electron chi connectivity index (χ1n) is 3.86. The van der Waals surface area contributed by atoms with Crippen molar-refractivity contribution in [1.29, 1.82) is 0 Å². The van der Waals surface area contributed by atoms with Gasteiger partial charge in [-0.1, -0.05) is 12.1 Å². The van der Waals surface area contributed by atoms with Crippen LogP contribution in [0.15, 0.2) is 24.3 Å². The third-order valence-corrected chi connectivity index (χ3v) is 1.61. The van der Waals surface area contributed by atoms with Crippen LogP contribution < -0.4 is 11.1 Å². The number of nitrogens with one attached hydrogen (secondary N) is 1. The molecule has 0 atom stereocenters. The third-order valence-electron chi connectivity index (χ3n) is 1.51. The van der Waals surface area contributed by atoms with E-state index in [1.165, 1.54) is 0 Å². The smallest absolute Gasteiger partial charge is 0.168 e. The molecule has 0 aliphatic heterocycles. The molecule has 1 aromatic carbocycles. The number of rotatable bonds is 3. The molecule has 0 saturated carbocycles. The fourth-order valence-electron chi connectivity index (χ4n) is 1.05. The maximum Gasteiger partial charge on any atom is 0.168 e. The van der Waals surface area contributed by atoms with Crippen molar-refractivity contribution in [3.8, 4) is 0 Å². The predicted octanol–water partition coefficient (Wildman–Crippen LogP) is 1.49. The van der Waals surface area contributed by atoms with Crippen LogP contribution in [0.3, 0.4) is 0 Å². The molecule has 0 unspecified atom stereocenters. The minimum absolute atomic E-state index is 0.273. The summed E-state index contributed by atoms with van der Waals surface area (Å²) in [5, 5.41) is 3.13. The molecule has 0 heterocycles. The number of thiocarbonyl (C=S) groups is 1. The van der Waals surface area contributed by atoms with Gasteiger partial charge in [0.1, 0.15) is 0 Å². The molecule has 0 aromatic heterocycles. The number of methoxy groups -OCH3 is 1. The van der Waals surface area contributed by atoms with Gasteiger partial charge in [-0.25, -0.2) is 0 Å². The van der Waals surface area contributed by atoms with Gasteiger partial charge < -0.3 is 15.8 Å². The van der Waals surface area contributed by atoms with Crippen LogP contribution in [0.25, 0.3) is 0 Å². The van der Waals surface area contributed by atoms with Gasteiger partial charge in [0.25, 0.3) is 0 Å². The number of ether oxygens (including phenoxy) is 1. The molecule has 3 N–H and O–H groups in total. The van der Waals surface area contributed by atoms with Crippen LogP contribution in [0.2, 0.25) is 0 Å². The zero-order chi connectivity index (χ0) is 9.68. The Balaban J connectivity index is 2.73. The fraction of sp³-hybridized carbons (Fsp3) is 0.222. The standard InChI is InChI=1S/C9H12N2OS/c1-12-6-7-3-2-4-8(5-7)11-9(10)13/h2-5H,6H2,1H3,(H3,10,11,13).